The molecule has 2 rings (SSSR count). The third kappa shape index (κ3) is 1.26. The average molecular weight is 180 g/mol. The largest absolute Gasteiger partial charge is 0.438 e. The fourth-order valence-corrected chi connectivity index (χ4v) is 1.61. The molecular formula is C8H8N2OS. The summed E-state index contributed by atoms with van der Waals surface area (Å²) in [5.74, 6) is 1.38. The maximum Gasteiger partial charge on any atom is 0.208 e. The smallest absolute Gasteiger partial charge is 0.208 e. The van der Waals surface area contributed by atoms with Crippen molar-refractivity contribution < 1.29 is 4.42 Å². The molecule has 0 fully saturated rings. The van der Waals surface area contributed by atoms with Gasteiger partial charge in [-0.25, -0.2) is 4.98 Å². The number of nitrogens with zero attached hydrogens (tertiary/aromatic N) is 1. The lowest BCUT2D eigenvalue weighted by atomic mass is 10.4. The van der Waals surface area contributed by atoms with Crippen LogP contribution in [0.15, 0.2) is 28.1 Å². The summed E-state index contributed by atoms with van der Waals surface area (Å²) in [7, 11) is 0. The topological polar surface area (TPSA) is 52.0 Å². The molecule has 0 unspecified atom stereocenters. The molecule has 3 nitrogen and oxygen atoms in total. The summed E-state index contributed by atoms with van der Waals surface area (Å²) in [6, 6.07) is 3.97. The Morgan fingerprint density at radius 2 is 2.50 bits per heavy atom. The van der Waals surface area contributed by atoms with Crippen LogP contribution in [-0.2, 0) is 6.54 Å². The molecule has 2 aromatic heterocycles. The van der Waals surface area contributed by atoms with E-state index in [1.54, 1.807) is 17.5 Å². The summed E-state index contributed by atoms with van der Waals surface area (Å²) in [6.45, 7) is 0.353. The molecule has 0 atom stereocenters. The fraction of sp³-hybridized carbons (Fsp3) is 0.125. The first-order valence-electron chi connectivity index (χ1n) is 3.59. The molecule has 0 spiro atoms. The Hall–Kier alpha value is -1.13. The summed E-state index contributed by atoms with van der Waals surface area (Å²) in [4.78, 5) is 5.09. The molecule has 0 aliphatic carbocycles. The highest BCUT2D eigenvalue weighted by Gasteiger charge is 2.04. The summed E-state index contributed by atoms with van der Waals surface area (Å²) in [5.41, 5.74) is 5.36. The van der Waals surface area contributed by atoms with Crippen molar-refractivity contribution >= 4 is 11.3 Å². The van der Waals surface area contributed by atoms with Crippen LogP contribution < -0.4 is 5.73 Å². The Morgan fingerprint density at radius 3 is 3.08 bits per heavy atom. The van der Waals surface area contributed by atoms with Crippen molar-refractivity contribution in [2.24, 2.45) is 5.73 Å². The van der Waals surface area contributed by atoms with Crippen molar-refractivity contribution in [3.05, 3.63) is 29.6 Å². The minimum atomic E-state index is 0.353. The number of hydrogen-bond acceptors (Lipinski definition) is 4. The second kappa shape index (κ2) is 3.08. The molecule has 2 aromatic rings. The Morgan fingerprint density at radius 1 is 1.58 bits per heavy atom. The first-order chi connectivity index (χ1) is 5.90. The maximum atomic E-state index is 5.36. The summed E-state index contributed by atoms with van der Waals surface area (Å²) < 4.78 is 5.35. The predicted octanol–water partition coefficient (Wildman–Crippen LogP) is 1.86. The first-order valence-corrected chi connectivity index (χ1v) is 4.47. The Bertz CT molecular complexity index is 353. The van der Waals surface area contributed by atoms with Gasteiger partial charge in [-0.05, 0) is 11.4 Å². The van der Waals surface area contributed by atoms with Crippen LogP contribution in [0.1, 0.15) is 5.89 Å². The van der Waals surface area contributed by atoms with Crippen LogP contribution in [0, 0.1) is 0 Å². The van der Waals surface area contributed by atoms with Gasteiger partial charge in [-0.3, -0.25) is 0 Å². The van der Waals surface area contributed by atoms with E-state index in [9.17, 15) is 0 Å². The molecular weight excluding hydrogens is 172 g/mol. The Labute approximate surface area is 73.8 Å². The molecule has 2 N–H and O–H groups in total. The number of aromatic nitrogens is 1. The van der Waals surface area contributed by atoms with Crippen molar-refractivity contribution in [1.82, 2.24) is 4.98 Å². The highest BCUT2D eigenvalue weighted by molar-refractivity contribution is 7.13. The van der Waals surface area contributed by atoms with Gasteiger partial charge in [0.2, 0.25) is 5.89 Å². The third-order valence-corrected chi connectivity index (χ3v) is 2.38. The van der Waals surface area contributed by atoms with Gasteiger partial charge in [0, 0.05) is 0 Å². The first kappa shape index (κ1) is 7.52. The van der Waals surface area contributed by atoms with Gasteiger partial charge in [-0.1, -0.05) is 6.07 Å². The predicted molar refractivity (Wildman–Crippen MR) is 47.7 cm³/mol. The van der Waals surface area contributed by atoms with Crippen LogP contribution >= 0.6 is 11.3 Å². The monoisotopic (exact) mass is 180 g/mol. The van der Waals surface area contributed by atoms with Crippen LogP contribution in [0.3, 0.4) is 0 Å². The van der Waals surface area contributed by atoms with E-state index in [1.807, 2.05) is 17.5 Å². The van der Waals surface area contributed by atoms with Gasteiger partial charge in [-0.15, -0.1) is 11.3 Å². The summed E-state index contributed by atoms with van der Waals surface area (Å²) in [5, 5.41) is 2.00. The van der Waals surface area contributed by atoms with Gasteiger partial charge in [0.1, 0.15) is 0 Å². The van der Waals surface area contributed by atoms with E-state index >= 15 is 0 Å². The lowest BCUT2D eigenvalue weighted by Gasteiger charge is -1.87. The summed E-state index contributed by atoms with van der Waals surface area (Å²) >= 11 is 1.63. The molecule has 0 aromatic carbocycles. The van der Waals surface area contributed by atoms with Gasteiger partial charge >= 0.3 is 0 Å². The Balaban J connectivity index is 2.35. The second-order valence-electron chi connectivity index (χ2n) is 2.30. The maximum absolute atomic E-state index is 5.36. The van der Waals surface area contributed by atoms with Gasteiger partial charge in [-0.2, -0.15) is 0 Å². The standard InChI is InChI=1S/C8H8N2OS/c9-4-8-10-5-6(11-8)7-2-1-3-12-7/h1-3,5H,4,9H2. The minimum Gasteiger partial charge on any atom is -0.438 e. The number of nitrogens with two attached hydrogens (primary N) is 1. The molecule has 0 saturated carbocycles. The molecule has 12 heavy (non-hydrogen) atoms. The third-order valence-electron chi connectivity index (χ3n) is 1.49. The van der Waals surface area contributed by atoms with E-state index in [1.165, 1.54) is 0 Å². The summed E-state index contributed by atoms with van der Waals surface area (Å²) in [6.07, 6.45) is 1.70. The molecule has 0 aliphatic rings. The highest BCUT2D eigenvalue weighted by Crippen LogP contribution is 2.24. The van der Waals surface area contributed by atoms with Crippen molar-refractivity contribution in [3.63, 3.8) is 0 Å². The van der Waals surface area contributed by atoms with Gasteiger partial charge < -0.3 is 10.2 Å². The van der Waals surface area contributed by atoms with E-state index in [0.29, 0.717) is 12.4 Å². The zero-order valence-corrected chi connectivity index (χ0v) is 7.17. The lowest BCUT2D eigenvalue weighted by Crippen LogP contribution is -1.94. The van der Waals surface area contributed by atoms with Crippen molar-refractivity contribution in [3.8, 4) is 10.6 Å². The molecule has 0 saturated heterocycles. The number of oxazole rings is 1. The SMILES string of the molecule is NCc1ncc(-c2cccs2)o1. The molecule has 0 radical (unpaired) electrons. The molecule has 0 bridgehead atoms. The molecule has 62 valence electrons. The van der Waals surface area contributed by atoms with E-state index < -0.39 is 0 Å². The molecule has 0 amide bonds. The molecule has 4 heteroatoms. The van der Waals surface area contributed by atoms with Crippen LogP contribution in [0.5, 0.6) is 0 Å². The molecule has 2 heterocycles. The van der Waals surface area contributed by atoms with E-state index in [0.717, 1.165) is 10.6 Å². The highest BCUT2D eigenvalue weighted by atomic mass is 32.1. The van der Waals surface area contributed by atoms with Crippen LogP contribution in [0.4, 0.5) is 0 Å². The minimum absolute atomic E-state index is 0.353. The van der Waals surface area contributed by atoms with Crippen molar-refractivity contribution in [2.45, 2.75) is 6.54 Å². The van der Waals surface area contributed by atoms with E-state index in [2.05, 4.69) is 4.98 Å². The van der Waals surface area contributed by atoms with Gasteiger partial charge in [0.15, 0.2) is 5.76 Å². The lowest BCUT2D eigenvalue weighted by molar-refractivity contribution is 0.510. The van der Waals surface area contributed by atoms with Crippen molar-refractivity contribution in [2.75, 3.05) is 0 Å². The molecule has 0 aliphatic heterocycles. The number of thiophene rings is 1. The van der Waals surface area contributed by atoms with Gasteiger partial charge in [0.25, 0.3) is 0 Å². The number of rotatable bonds is 2. The zero-order valence-electron chi connectivity index (χ0n) is 6.36. The van der Waals surface area contributed by atoms with E-state index in [4.69, 9.17) is 10.2 Å². The fourth-order valence-electron chi connectivity index (χ4n) is 0.937. The van der Waals surface area contributed by atoms with Gasteiger partial charge in [0.05, 0.1) is 17.6 Å². The van der Waals surface area contributed by atoms with Crippen LogP contribution in [0.2, 0.25) is 0 Å². The van der Waals surface area contributed by atoms with Crippen LogP contribution in [-0.4, -0.2) is 4.98 Å². The quantitative estimate of drug-likeness (QED) is 0.767. The number of hydrogen-bond donors (Lipinski definition) is 1. The average Bonchev–Trinajstić information content (AvgIpc) is 2.75. The second-order valence-corrected chi connectivity index (χ2v) is 3.25. The van der Waals surface area contributed by atoms with Crippen LogP contribution in [0.25, 0.3) is 10.6 Å². The van der Waals surface area contributed by atoms with Crippen molar-refractivity contribution in [1.29, 1.82) is 0 Å². The Kier molecular flexibility index (Phi) is 1.93. The zero-order chi connectivity index (χ0) is 8.39. The normalized spacial score (nSPS) is 10.4. The van der Waals surface area contributed by atoms with E-state index in [-0.39, 0.29) is 0 Å².